The van der Waals surface area contributed by atoms with Crippen LogP contribution < -0.4 is 15.1 Å². The van der Waals surface area contributed by atoms with Gasteiger partial charge in [0.1, 0.15) is 11.6 Å². The van der Waals surface area contributed by atoms with E-state index in [1.165, 1.54) is 4.88 Å². The van der Waals surface area contributed by atoms with E-state index in [0.717, 1.165) is 95.5 Å². The number of nitrogens with zero attached hydrogens (tertiary/aromatic N) is 4. The summed E-state index contributed by atoms with van der Waals surface area (Å²) >= 11 is 1.73. The van der Waals surface area contributed by atoms with E-state index >= 15 is 0 Å². The molecule has 2 fully saturated rings. The van der Waals surface area contributed by atoms with E-state index in [4.69, 9.17) is 9.72 Å². The Labute approximate surface area is 293 Å². The molecule has 0 radical (unpaired) electrons. The number of fused-ring (bicyclic) bond motifs is 4. The average molecular weight is 681 g/mol. The van der Waals surface area contributed by atoms with E-state index in [1.807, 2.05) is 66.6 Å². The van der Waals surface area contributed by atoms with E-state index in [0.29, 0.717) is 23.4 Å². The fraction of sp³-hybridized carbons (Fsp3) is 0.250. The number of hydrogen-bond acceptors (Lipinski definition) is 7. The molecule has 50 heavy (non-hydrogen) atoms. The van der Waals surface area contributed by atoms with Crippen molar-refractivity contribution in [3.05, 3.63) is 113 Å². The molecule has 2 amide bonds. The molecule has 0 unspecified atom stereocenters. The minimum Gasteiger partial charge on any atom is -0.381 e. The molecular weight excluding hydrogens is 645 g/mol. The number of pyridine rings is 1. The Hall–Kier alpha value is -5.32. The second-order valence-electron chi connectivity index (χ2n) is 13.7. The van der Waals surface area contributed by atoms with Gasteiger partial charge in [0.05, 0.1) is 27.2 Å². The molecule has 250 valence electrons. The Morgan fingerprint density at radius 3 is 2.54 bits per heavy atom. The Morgan fingerprint density at radius 2 is 1.72 bits per heavy atom. The number of para-hydroxylation sites is 3. The zero-order valence-corrected chi connectivity index (χ0v) is 28.6. The van der Waals surface area contributed by atoms with E-state index in [-0.39, 0.29) is 17.2 Å². The van der Waals surface area contributed by atoms with Gasteiger partial charge in [0, 0.05) is 72.6 Å². The van der Waals surface area contributed by atoms with Crippen molar-refractivity contribution in [1.82, 2.24) is 15.0 Å². The molecule has 3 aromatic heterocycles. The molecule has 3 aliphatic heterocycles. The Morgan fingerprint density at radius 1 is 0.940 bits per heavy atom. The average Bonchev–Trinajstić information content (AvgIpc) is 3.73. The lowest BCUT2D eigenvalue weighted by molar-refractivity contribution is -0.000510. The van der Waals surface area contributed by atoms with Crippen LogP contribution in [0.1, 0.15) is 44.0 Å². The standard InChI is InChI=1S/C40H36N6O3S/c1-25-20-30(37(41-22-25)45-23-40(24-45)15-18-49-19-16-40)38(47)42-27-12-10-26(11-13-27)39(48)46-17-14-34-29(28-6-2-5-9-33(28)46)21-35(50-34)36-43-31-7-3-4-8-32(31)44-36/h2-13,20-22H,14-19,23-24H2,1H3,(H,42,47)(H,43,44). The normalized spacial score (nSPS) is 16.4. The summed E-state index contributed by atoms with van der Waals surface area (Å²) in [6.45, 7) is 5.87. The van der Waals surface area contributed by atoms with E-state index < -0.39 is 0 Å². The minimum atomic E-state index is -0.210. The largest absolute Gasteiger partial charge is 0.381 e. The van der Waals surface area contributed by atoms with Crippen molar-refractivity contribution in [1.29, 1.82) is 0 Å². The summed E-state index contributed by atoms with van der Waals surface area (Å²) < 4.78 is 5.58. The summed E-state index contributed by atoms with van der Waals surface area (Å²) in [7, 11) is 0. The van der Waals surface area contributed by atoms with Crippen molar-refractivity contribution in [3.63, 3.8) is 0 Å². The van der Waals surface area contributed by atoms with Gasteiger partial charge in [0.15, 0.2) is 0 Å². The van der Waals surface area contributed by atoms with Crippen LogP contribution >= 0.6 is 11.3 Å². The molecule has 1 spiro atoms. The predicted octanol–water partition coefficient (Wildman–Crippen LogP) is 7.73. The number of thiophene rings is 1. The summed E-state index contributed by atoms with van der Waals surface area (Å²) in [5, 5.41) is 3.05. The molecule has 10 heteroatoms. The van der Waals surface area contributed by atoms with Crippen LogP contribution in [-0.2, 0) is 11.2 Å². The maximum Gasteiger partial charge on any atom is 0.259 e. The molecule has 2 N–H and O–H groups in total. The van der Waals surface area contributed by atoms with Crippen molar-refractivity contribution in [2.24, 2.45) is 5.41 Å². The maximum absolute atomic E-state index is 14.1. The molecule has 0 bridgehead atoms. The second kappa shape index (κ2) is 12.2. The van der Waals surface area contributed by atoms with Crippen LogP contribution in [0.3, 0.4) is 0 Å². The van der Waals surface area contributed by atoms with Crippen LogP contribution in [0.15, 0.2) is 91.1 Å². The molecule has 9 rings (SSSR count). The van der Waals surface area contributed by atoms with Gasteiger partial charge in [-0.05, 0) is 85.5 Å². The quantitative estimate of drug-likeness (QED) is 0.193. The lowest BCUT2D eigenvalue weighted by Crippen LogP contribution is -2.59. The topological polar surface area (TPSA) is 103 Å². The number of aromatic amines is 1. The highest BCUT2D eigenvalue weighted by atomic mass is 32.1. The molecule has 3 aliphatic rings. The number of aromatic nitrogens is 3. The van der Waals surface area contributed by atoms with Gasteiger partial charge in [-0.15, -0.1) is 11.3 Å². The van der Waals surface area contributed by atoms with Gasteiger partial charge in [-0.25, -0.2) is 9.97 Å². The number of H-pyrrole nitrogens is 1. The number of amides is 2. The molecule has 0 atom stereocenters. The fourth-order valence-electron chi connectivity index (χ4n) is 7.58. The maximum atomic E-state index is 14.1. The summed E-state index contributed by atoms with van der Waals surface area (Å²) in [6.07, 6.45) is 4.64. The number of imidazole rings is 1. The van der Waals surface area contributed by atoms with Gasteiger partial charge in [-0.3, -0.25) is 9.59 Å². The molecule has 6 heterocycles. The van der Waals surface area contributed by atoms with Crippen LogP contribution in [0.2, 0.25) is 0 Å². The zero-order valence-electron chi connectivity index (χ0n) is 27.7. The van der Waals surface area contributed by atoms with Crippen LogP contribution in [0, 0.1) is 12.3 Å². The Kier molecular flexibility index (Phi) is 7.51. The summed E-state index contributed by atoms with van der Waals surface area (Å²) in [6, 6.07) is 27.5. The number of hydrogen-bond donors (Lipinski definition) is 2. The van der Waals surface area contributed by atoms with Gasteiger partial charge in [-0.2, -0.15) is 0 Å². The van der Waals surface area contributed by atoms with E-state index in [1.54, 1.807) is 35.6 Å². The molecule has 3 aromatic carbocycles. The van der Waals surface area contributed by atoms with Crippen LogP contribution in [0.5, 0.6) is 0 Å². The van der Waals surface area contributed by atoms with Crippen LogP contribution in [-0.4, -0.2) is 59.6 Å². The van der Waals surface area contributed by atoms with Gasteiger partial charge in [0.2, 0.25) is 0 Å². The smallest absolute Gasteiger partial charge is 0.259 e. The van der Waals surface area contributed by atoms with Gasteiger partial charge in [-0.1, -0.05) is 30.3 Å². The number of ether oxygens (including phenoxy) is 1. The summed E-state index contributed by atoms with van der Waals surface area (Å²) in [4.78, 5) is 47.0. The zero-order chi connectivity index (χ0) is 33.8. The third kappa shape index (κ3) is 5.45. The molecule has 6 aromatic rings. The van der Waals surface area contributed by atoms with Gasteiger partial charge < -0.3 is 24.8 Å². The van der Waals surface area contributed by atoms with Crippen molar-refractivity contribution < 1.29 is 14.3 Å². The number of carbonyl (C=O) groups excluding carboxylic acids is 2. The summed E-state index contributed by atoms with van der Waals surface area (Å²) in [5.74, 6) is 1.29. The monoisotopic (exact) mass is 680 g/mol. The van der Waals surface area contributed by atoms with E-state index in [9.17, 15) is 9.59 Å². The first kappa shape index (κ1) is 30.7. The highest BCUT2D eigenvalue weighted by Crippen LogP contribution is 2.44. The third-order valence-electron chi connectivity index (χ3n) is 10.3. The SMILES string of the molecule is Cc1cnc(N2CC3(CCOCC3)C2)c(C(=O)Nc2ccc(C(=O)N3CCc4sc(-c5nc6ccccc6[nH]5)cc4-c4ccccc43)cc2)c1. The predicted molar refractivity (Wildman–Crippen MR) is 198 cm³/mol. The number of aryl methyl sites for hydroxylation is 1. The summed E-state index contributed by atoms with van der Waals surface area (Å²) in [5.41, 5.74) is 7.95. The van der Waals surface area contributed by atoms with Crippen molar-refractivity contribution in [3.8, 4) is 21.8 Å². The van der Waals surface area contributed by atoms with Gasteiger partial charge in [0.25, 0.3) is 11.8 Å². The van der Waals surface area contributed by atoms with Crippen LogP contribution in [0.4, 0.5) is 17.2 Å². The molecule has 9 nitrogen and oxygen atoms in total. The Balaban J connectivity index is 0.927. The number of rotatable bonds is 5. The fourth-order valence-corrected chi connectivity index (χ4v) is 8.68. The third-order valence-corrected chi connectivity index (χ3v) is 11.5. The number of anilines is 3. The van der Waals surface area contributed by atoms with Crippen molar-refractivity contribution >= 4 is 51.4 Å². The van der Waals surface area contributed by atoms with Crippen molar-refractivity contribution in [2.75, 3.05) is 48.0 Å². The number of nitrogens with one attached hydrogen (secondary N) is 2. The number of benzene rings is 3. The minimum absolute atomic E-state index is 0.0759. The van der Waals surface area contributed by atoms with Crippen molar-refractivity contribution in [2.45, 2.75) is 26.2 Å². The highest BCUT2D eigenvalue weighted by molar-refractivity contribution is 7.16. The second-order valence-corrected chi connectivity index (χ2v) is 14.8. The lowest BCUT2D eigenvalue weighted by Gasteiger charge is -2.53. The van der Waals surface area contributed by atoms with Crippen LogP contribution in [0.25, 0.3) is 32.9 Å². The molecule has 2 saturated heterocycles. The Bertz CT molecular complexity index is 2230. The first-order valence-electron chi connectivity index (χ1n) is 17.1. The molecule has 0 aliphatic carbocycles. The molecular formula is C40H36N6O3S. The first-order valence-corrected chi connectivity index (χ1v) is 17.9. The lowest BCUT2D eigenvalue weighted by atomic mass is 9.73. The number of carbonyl (C=O) groups is 2. The first-order chi connectivity index (χ1) is 24.4. The highest BCUT2D eigenvalue weighted by Gasteiger charge is 2.45. The van der Waals surface area contributed by atoms with Gasteiger partial charge >= 0.3 is 0 Å². The van der Waals surface area contributed by atoms with E-state index in [2.05, 4.69) is 32.3 Å². The molecule has 0 saturated carbocycles.